The maximum atomic E-state index is 12.7. The number of urea groups is 1. The monoisotopic (exact) mass is 399 g/mol. The molecule has 2 aromatic rings. The van der Waals surface area contributed by atoms with Crippen molar-refractivity contribution in [2.45, 2.75) is 38.7 Å². The van der Waals surface area contributed by atoms with E-state index in [0.717, 1.165) is 5.56 Å². The van der Waals surface area contributed by atoms with Crippen LogP contribution in [0.1, 0.15) is 25.8 Å². The fourth-order valence-electron chi connectivity index (χ4n) is 2.77. The lowest BCUT2D eigenvalue weighted by Crippen LogP contribution is -2.55. The topological polar surface area (TPSA) is 136 Å². The molecule has 0 aliphatic heterocycles. The summed E-state index contributed by atoms with van der Waals surface area (Å²) in [6, 6.07) is 7.66. The molecule has 0 aliphatic carbocycles. The summed E-state index contributed by atoms with van der Waals surface area (Å²) >= 11 is 0. The highest BCUT2D eigenvalue weighted by molar-refractivity contribution is 6.43. The molecule has 0 saturated heterocycles. The molecule has 0 aliphatic rings. The molecule has 2 atom stereocenters. The van der Waals surface area contributed by atoms with Gasteiger partial charge in [0.25, 0.3) is 0 Å². The zero-order chi connectivity index (χ0) is 21.2. The van der Waals surface area contributed by atoms with E-state index in [9.17, 15) is 19.6 Å². The molecule has 1 aromatic heterocycles. The van der Waals surface area contributed by atoms with Gasteiger partial charge >= 0.3 is 13.1 Å². The highest BCUT2D eigenvalue weighted by Gasteiger charge is 2.28. The second-order valence-corrected chi connectivity index (χ2v) is 7.09. The van der Waals surface area contributed by atoms with E-state index in [-0.39, 0.29) is 18.2 Å². The highest BCUT2D eigenvalue weighted by atomic mass is 16.4. The van der Waals surface area contributed by atoms with Crippen molar-refractivity contribution in [1.29, 1.82) is 0 Å². The first-order valence-corrected chi connectivity index (χ1v) is 9.39. The average molecular weight is 399 g/mol. The smallest absolute Gasteiger partial charge is 0.426 e. The van der Waals surface area contributed by atoms with E-state index in [1.807, 2.05) is 44.2 Å². The molecule has 0 bridgehead atoms. The minimum absolute atomic E-state index is 0.141. The van der Waals surface area contributed by atoms with Gasteiger partial charge in [0, 0.05) is 18.8 Å². The maximum absolute atomic E-state index is 12.7. The van der Waals surface area contributed by atoms with Crippen LogP contribution >= 0.6 is 0 Å². The Kier molecular flexibility index (Phi) is 8.56. The standard InChI is InChI=1S/C19H26BN5O4/c1-13(2)10-16(20(28)29)24-19(27)23-15(11-14-6-4-3-5-7-14)18(26)25-17-12-21-8-9-22-17/h3-9,12-13,15-16,28-29H,10-11H2,1-2H3,(H,22,25,26)(H2,23,24,27)/t15-,16-/m0/s1. The zero-order valence-corrected chi connectivity index (χ0v) is 16.4. The first-order valence-electron chi connectivity index (χ1n) is 9.39. The number of nitrogens with zero attached hydrogens (tertiary/aromatic N) is 2. The lowest BCUT2D eigenvalue weighted by molar-refractivity contribution is -0.117. The van der Waals surface area contributed by atoms with Gasteiger partial charge in [-0.15, -0.1) is 0 Å². The van der Waals surface area contributed by atoms with Gasteiger partial charge in [0.15, 0.2) is 5.82 Å². The summed E-state index contributed by atoms with van der Waals surface area (Å²) in [5.74, 6) is -0.909. The summed E-state index contributed by atoms with van der Waals surface area (Å²) in [5.41, 5.74) is 0.855. The van der Waals surface area contributed by atoms with Gasteiger partial charge in [-0.2, -0.15) is 0 Å². The van der Waals surface area contributed by atoms with E-state index in [1.54, 1.807) is 0 Å². The molecule has 154 valence electrons. The van der Waals surface area contributed by atoms with Gasteiger partial charge in [-0.3, -0.25) is 9.78 Å². The minimum atomic E-state index is -1.70. The molecule has 29 heavy (non-hydrogen) atoms. The van der Waals surface area contributed by atoms with Crippen molar-refractivity contribution in [1.82, 2.24) is 20.6 Å². The van der Waals surface area contributed by atoms with Crippen LogP contribution in [0.2, 0.25) is 0 Å². The van der Waals surface area contributed by atoms with Crippen molar-refractivity contribution in [3.05, 3.63) is 54.5 Å². The predicted octanol–water partition coefficient (Wildman–Crippen LogP) is 0.752. The second-order valence-electron chi connectivity index (χ2n) is 7.09. The third kappa shape index (κ3) is 7.88. The number of hydrogen-bond donors (Lipinski definition) is 5. The molecule has 1 heterocycles. The van der Waals surface area contributed by atoms with Crippen LogP contribution < -0.4 is 16.0 Å². The number of benzene rings is 1. The zero-order valence-electron chi connectivity index (χ0n) is 16.4. The molecular formula is C19H26BN5O4. The summed E-state index contributed by atoms with van der Waals surface area (Å²) in [4.78, 5) is 33.1. The number of amides is 3. The van der Waals surface area contributed by atoms with Crippen LogP contribution in [0.5, 0.6) is 0 Å². The fraction of sp³-hybridized carbons (Fsp3) is 0.368. The maximum Gasteiger partial charge on any atom is 0.475 e. The number of aromatic nitrogens is 2. The van der Waals surface area contributed by atoms with Crippen molar-refractivity contribution in [2.24, 2.45) is 5.92 Å². The van der Waals surface area contributed by atoms with Crippen molar-refractivity contribution in [3.63, 3.8) is 0 Å². The SMILES string of the molecule is CC(C)C[C@H](NC(=O)N[C@@H](Cc1ccccc1)C(=O)Nc1cnccn1)B(O)O. The first-order chi connectivity index (χ1) is 13.8. The van der Waals surface area contributed by atoms with Crippen molar-refractivity contribution >= 4 is 24.9 Å². The van der Waals surface area contributed by atoms with Crippen LogP contribution in [0.3, 0.4) is 0 Å². The summed E-state index contributed by atoms with van der Waals surface area (Å²) in [7, 11) is -1.70. The van der Waals surface area contributed by atoms with Gasteiger partial charge in [-0.05, 0) is 17.9 Å². The van der Waals surface area contributed by atoms with Crippen LogP contribution in [-0.2, 0) is 11.2 Å². The molecule has 0 radical (unpaired) electrons. The minimum Gasteiger partial charge on any atom is -0.426 e. The van der Waals surface area contributed by atoms with Gasteiger partial charge in [0.2, 0.25) is 5.91 Å². The summed E-state index contributed by atoms with van der Waals surface area (Å²) in [6.45, 7) is 3.81. The quantitative estimate of drug-likeness (QED) is 0.395. The van der Waals surface area contributed by atoms with E-state index in [4.69, 9.17) is 0 Å². The Labute approximate surface area is 170 Å². The first kappa shape index (κ1) is 22.3. The fourth-order valence-corrected chi connectivity index (χ4v) is 2.77. The van der Waals surface area contributed by atoms with E-state index in [2.05, 4.69) is 25.9 Å². The number of rotatable bonds is 9. The summed E-state index contributed by atoms with van der Waals surface area (Å²) in [6.07, 6.45) is 4.95. The van der Waals surface area contributed by atoms with Crippen LogP contribution in [-0.4, -0.2) is 51.1 Å². The normalized spacial score (nSPS) is 12.7. The van der Waals surface area contributed by atoms with Gasteiger partial charge in [0.05, 0.1) is 12.1 Å². The number of nitrogens with one attached hydrogen (secondary N) is 3. The van der Waals surface area contributed by atoms with Crippen molar-refractivity contribution in [3.8, 4) is 0 Å². The summed E-state index contributed by atoms with van der Waals surface area (Å²) < 4.78 is 0. The van der Waals surface area contributed by atoms with E-state index >= 15 is 0 Å². The molecule has 3 amide bonds. The molecule has 0 unspecified atom stereocenters. The third-order valence-corrected chi connectivity index (χ3v) is 4.12. The van der Waals surface area contributed by atoms with Crippen LogP contribution in [0.25, 0.3) is 0 Å². The lowest BCUT2D eigenvalue weighted by atomic mass is 9.75. The Hall–Kier alpha value is -2.98. The molecule has 0 saturated carbocycles. The molecule has 2 rings (SSSR count). The highest BCUT2D eigenvalue weighted by Crippen LogP contribution is 2.08. The predicted molar refractivity (Wildman–Crippen MR) is 110 cm³/mol. The van der Waals surface area contributed by atoms with E-state index in [1.165, 1.54) is 18.6 Å². The number of hydrogen-bond acceptors (Lipinski definition) is 6. The molecular weight excluding hydrogens is 373 g/mol. The Morgan fingerprint density at radius 1 is 1.10 bits per heavy atom. The molecule has 9 nitrogen and oxygen atoms in total. The van der Waals surface area contributed by atoms with Gasteiger partial charge < -0.3 is 26.0 Å². The number of carbonyl (C=O) groups excluding carboxylic acids is 2. The second kappa shape index (κ2) is 11.1. The van der Waals surface area contributed by atoms with Gasteiger partial charge in [0.1, 0.15) is 6.04 Å². The Balaban J connectivity index is 2.09. The Morgan fingerprint density at radius 3 is 2.41 bits per heavy atom. The molecule has 10 heteroatoms. The lowest BCUT2D eigenvalue weighted by Gasteiger charge is -2.23. The van der Waals surface area contributed by atoms with Gasteiger partial charge in [-0.1, -0.05) is 44.2 Å². The van der Waals surface area contributed by atoms with E-state index < -0.39 is 31.0 Å². The van der Waals surface area contributed by atoms with Crippen molar-refractivity contribution in [2.75, 3.05) is 5.32 Å². The third-order valence-electron chi connectivity index (χ3n) is 4.12. The van der Waals surface area contributed by atoms with Gasteiger partial charge in [-0.25, -0.2) is 9.78 Å². The van der Waals surface area contributed by atoms with Crippen LogP contribution in [0.15, 0.2) is 48.9 Å². The molecule has 0 fully saturated rings. The number of anilines is 1. The van der Waals surface area contributed by atoms with Crippen molar-refractivity contribution < 1.29 is 19.6 Å². The van der Waals surface area contributed by atoms with E-state index in [0.29, 0.717) is 6.42 Å². The number of carbonyl (C=O) groups is 2. The largest absolute Gasteiger partial charge is 0.475 e. The summed E-state index contributed by atoms with van der Waals surface area (Å²) in [5, 5.41) is 26.8. The Bertz CT molecular complexity index is 777. The molecule has 1 aromatic carbocycles. The van der Waals surface area contributed by atoms with Crippen LogP contribution in [0.4, 0.5) is 10.6 Å². The van der Waals surface area contributed by atoms with Crippen LogP contribution in [0, 0.1) is 5.92 Å². The molecule has 5 N–H and O–H groups in total. The average Bonchev–Trinajstić information content (AvgIpc) is 2.68. The molecule has 0 spiro atoms. The Morgan fingerprint density at radius 2 is 1.83 bits per heavy atom.